The predicted octanol–water partition coefficient (Wildman–Crippen LogP) is -1.33. The Labute approximate surface area is 61.3 Å². The van der Waals surface area contributed by atoms with Crippen LogP contribution in [0.25, 0.3) is 0 Å². The summed E-state index contributed by atoms with van der Waals surface area (Å²) in [7, 11) is 0. The van der Waals surface area contributed by atoms with Crippen molar-refractivity contribution in [1.29, 1.82) is 0 Å². The fourth-order valence-electron chi connectivity index (χ4n) is 1.19. The number of nitrogens with zero attached hydrogens (tertiary/aromatic N) is 1. The van der Waals surface area contributed by atoms with Crippen molar-refractivity contribution in [1.82, 2.24) is 0 Å². The third-order valence-corrected chi connectivity index (χ3v) is 1.94. The van der Waals surface area contributed by atoms with E-state index in [0.717, 1.165) is 32.8 Å². The zero-order valence-electron chi connectivity index (χ0n) is 6.25. The van der Waals surface area contributed by atoms with Crippen molar-refractivity contribution in [2.45, 2.75) is 0 Å². The number of nitrogens with two attached hydrogens (primary N) is 2. The van der Waals surface area contributed by atoms with Gasteiger partial charge in [0.15, 0.2) is 0 Å². The molecular weight excluding hydrogens is 130 g/mol. The first-order valence-corrected chi connectivity index (χ1v) is 3.69. The lowest BCUT2D eigenvalue weighted by Crippen LogP contribution is -2.62. The minimum Gasteiger partial charge on any atom is -0.370 e. The van der Waals surface area contributed by atoms with Crippen LogP contribution in [0.4, 0.5) is 0 Å². The molecule has 4 heteroatoms. The van der Waals surface area contributed by atoms with Crippen molar-refractivity contribution in [3.05, 3.63) is 0 Å². The number of morpholine rings is 1. The van der Waals surface area contributed by atoms with Crippen molar-refractivity contribution < 1.29 is 9.33 Å². The monoisotopic (exact) mass is 146 g/mol. The molecule has 0 amide bonds. The summed E-state index contributed by atoms with van der Waals surface area (Å²) in [4.78, 5) is 0. The zero-order chi connectivity index (χ0) is 7.45. The number of hydrogen-bond acceptors (Lipinski definition) is 3. The molecule has 0 aromatic rings. The molecular formula is C6H16N3O+. The van der Waals surface area contributed by atoms with E-state index in [1.807, 2.05) is 0 Å². The smallest absolute Gasteiger partial charge is 0.120 e. The van der Waals surface area contributed by atoms with Crippen molar-refractivity contribution in [2.75, 3.05) is 39.4 Å². The highest BCUT2D eigenvalue weighted by atomic mass is 16.5. The number of quaternary nitrogens is 1. The van der Waals surface area contributed by atoms with Crippen LogP contribution in [0.3, 0.4) is 0 Å². The van der Waals surface area contributed by atoms with Gasteiger partial charge in [0, 0.05) is 6.54 Å². The van der Waals surface area contributed by atoms with E-state index in [1.165, 1.54) is 0 Å². The minimum absolute atomic E-state index is 0.594. The quantitative estimate of drug-likeness (QED) is 0.374. The van der Waals surface area contributed by atoms with Gasteiger partial charge in [0.05, 0.1) is 13.2 Å². The molecule has 1 rings (SSSR count). The highest BCUT2D eigenvalue weighted by Crippen LogP contribution is 2.01. The highest BCUT2D eigenvalue weighted by molar-refractivity contribution is 4.45. The van der Waals surface area contributed by atoms with Gasteiger partial charge in [-0.25, -0.2) is 4.59 Å². The van der Waals surface area contributed by atoms with E-state index in [2.05, 4.69) is 0 Å². The van der Waals surface area contributed by atoms with Crippen LogP contribution in [-0.2, 0) is 4.74 Å². The third-order valence-electron chi connectivity index (χ3n) is 1.94. The summed E-state index contributed by atoms with van der Waals surface area (Å²) in [6, 6.07) is 0. The van der Waals surface area contributed by atoms with E-state index in [9.17, 15) is 0 Å². The second kappa shape index (κ2) is 3.30. The molecule has 1 aliphatic heterocycles. The summed E-state index contributed by atoms with van der Waals surface area (Å²) in [5, 5.41) is 0. The second-order valence-electron chi connectivity index (χ2n) is 2.79. The van der Waals surface area contributed by atoms with Crippen molar-refractivity contribution in [2.24, 2.45) is 11.6 Å². The Morgan fingerprint density at radius 3 is 2.40 bits per heavy atom. The molecule has 0 aliphatic carbocycles. The molecule has 1 aliphatic rings. The maximum Gasteiger partial charge on any atom is 0.120 e. The first-order chi connectivity index (χ1) is 4.77. The molecule has 4 nitrogen and oxygen atoms in total. The average Bonchev–Trinajstić information content (AvgIpc) is 1.89. The highest BCUT2D eigenvalue weighted by Gasteiger charge is 2.24. The molecule has 0 radical (unpaired) electrons. The Kier molecular flexibility index (Phi) is 2.62. The van der Waals surface area contributed by atoms with Crippen LogP contribution >= 0.6 is 0 Å². The van der Waals surface area contributed by atoms with Crippen LogP contribution in [0.2, 0.25) is 0 Å². The van der Waals surface area contributed by atoms with Gasteiger partial charge in [-0.05, 0) is 0 Å². The fourth-order valence-corrected chi connectivity index (χ4v) is 1.19. The molecule has 10 heavy (non-hydrogen) atoms. The van der Waals surface area contributed by atoms with Crippen molar-refractivity contribution in [3.8, 4) is 0 Å². The maximum absolute atomic E-state index is 5.95. The largest absolute Gasteiger partial charge is 0.370 e. The molecule has 0 bridgehead atoms. The third kappa shape index (κ3) is 1.91. The van der Waals surface area contributed by atoms with Crippen LogP contribution in [-0.4, -0.2) is 44.0 Å². The minimum atomic E-state index is 0.594. The lowest BCUT2D eigenvalue weighted by atomic mass is 10.4. The standard InChI is InChI=1S/C6H16N3O/c7-1-2-9(8)3-5-10-6-4-9/h1-8H2/q+1. The van der Waals surface area contributed by atoms with E-state index in [4.69, 9.17) is 16.3 Å². The van der Waals surface area contributed by atoms with Crippen molar-refractivity contribution >= 4 is 0 Å². The van der Waals surface area contributed by atoms with E-state index in [1.54, 1.807) is 0 Å². The SMILES string of the molecule is NCC[N+]1(N)CCOCC1. The maximum atomic E-state index is 5.95. The summed E-state index contributed by atoms with van der Waals surface area (Å²) in [5.41, 5.74) is 5.41. The topological polar surface area (TPSA) is 61.3 Å². The summed E-state index contributed by atoms with van der Waals surface area (Å²) in [6.07, 6.45) is 0. The molecule has 4 N–H and O–H groups in total. The molecule has 0 spiro atoms. The first-order valence-electron chi connectivity index (χ1n) is 3.69. The summed E-state index contributed by atoms with van der Waals surface area (Å²) in [5.74, 6) is 5.95. The van der Waals surface area contributed by atoms with E-state index in [0.29, 0.717) is 11.1 Å². The van der Waals surface area contributed by atoms with Crippen LogP contribution in [0, 0.1) is 0 Å². The Morgan fingerprint density at radius 2 is 1.90 bits per heavy atom. The Morgan fingerprint density at radius 1 is 1.30 bits per heavy atom. The fraction of sp³-hybridized carbons (Fsp3) is 1.00. The molecule has 0 saturated carbocycles. The first kappa shape index (κ1) is 7.94. The lowest BCUT2D eigenvalue weighted by Gasteiger charge is -2.35. The second-order valence-corrected chi connectivity index (χ2v) is 2.79. The summed E-state index contributed by atoms with van der Waals surface area (Å²) < 4.78 is 5.77. The van der Waals surface area contributed by atoms with Gasteiger partial charge < -0.3 is 10.5 Å². The van der Waals surface area contributed by atoms with Gasteiger partial charge >= 0.3 is 0 Å². The van der Waals surface area contributed by atoms with Crippen LogP contribution in [0.15, 0.2) is 0 Å². The van der Waals surface area contributed by atoms with Gasteiger partial charge in [0.2, 0.25) is 0 Å². The number of rotatable bonds is 2. The van der Waals surface area contributed by atoms with Gasteiger partial charge in [-0.1, -0.05) is 0 Å². The lowest BCUT2D eigenvalue weighted by molar-refractivity contribution is -0.945. The summed E-state index contributed by atoms with van der Waals surface area (Å²) in [6.45, 7) is 4.88. The molecule has 0 aromatic heterocycles. The van der Waals surface area contributed by atoms with E-state index < -0.39 is 0 Å². The average molecular weight is 146 g/mol. The van der Waals surface area contributed by atoms with E-state index >= 15 is 0 Å². The number of ether oxygens (including phenoxy) is 1. The Bertz CT molecular complexity index is 95.7. The molecule has 1 heterocycles. The molecule has 1 saturated heterocycles. The van der Waals surface area contributed by atoms with Gasteiger partial charge in [-0.15, -0.1) is 0 Å². The van der Waals surface area contributed by atoms with Crippen LogP contribution in [0.1, 0.15) is 0 Å². The molecule has 1 fully saturated rings. The molecule has 60 valence electrons. The predicted molar refractivity (Wildman–Crippen MR) is 38.9 cm³/mol. The van der Waals surface area contributed by atoms with Gasteiger partial charge in [-0.2, -0.15) is 5.84 Å². The molecule has 0 atom stereocenters. The van der Waals surface area contributed by atoms with E-state index in [-0.39, 0.29) is 0 Å². The van der Waals surface area contributed by atoms with Gasteiger partial charge in [-0.3, -0.25) is 0 Å². The van der Waals surface area contributed by atoms with Crippen LogP contribution in [0.5, 0.6) is 0 Å². The summed E-state index contributed by atoms with van der Waals surface area (Å²) >= 11 is 0. The molecule has 0 aromatic carbocycles. The Hall–Kier alpha value is -0.160. The van der Waals surface area contributed by atoms with Crippen molar-refractivity contribution in [3.63, 3.8) is 0 Å². The molecule has 0 unspecified atom stereocenters. The van der Waals surface area contributed by atoms with Gasteiger partial charge in [0.1, 0.15) is 19.6 Å². The van der Waals surface area contributed by atoms with Crippen LogP contribution < -0.4 is 11.6 Å². The Balaban J connectivity index is 2.32. The zero-order valence-corrected chi connectivity index (χ0v) is 6.25. The number of hydrogen-bond donors (Lipinski definition) is 2. The normalized spacial score (nSPS) is 24.6. The van der Waals surface area contributed by atoms with Gasteiger partial charge in [0.25, 0.3) is 0 Å².